The summed E-state index contributed by atoms with van der Waals surface area (Å²) >= 11 is 0. The number of rotatable bonds is 8. The Hall–Kier alpha value is -1.06. The zero-order chi connectivity index (χ0) is 15.0. The number of benzene rings is 1. The molecule has 1 rings (SSSR count). The zero-order valence-corrected chi connectivity index (χ0v) is 13.5. The minimum absolute atomic E-state index is 0.102. The summed E-state index contributed by atoms with van der Waals surface area (Å²) in [5.74, 6) is 1.58. The van der Waals surface area contributed by atoms with Crippen molar-refractivity contribution >= 4 is 0 Å². The lowest BCUT2D eigenvalue weighted by Gasteiger charge is -2.19. The second-order valence-corrected chi connectivity index (χ2v) is 6.48. The number of nitrogens with one attached hydrogen (secondary N) is 1. The summed E-state index contributed by atoms with van der Waals surface area (Å²) in [5, 5.41) is 3.43. The highest BCUT2D eigenvalue weighted by atomic mass is 16.5. The Morgan fingerprint density at radius 3 is 2.25 bits per heavy atom. The van der Waals surface area contributed by atoms with Gasteiger partial charge in [0.05, 0.1) is 12.2 Å². The summed E-state index contributed by atoms with van der Waals surface area (Å²) < 4.78 is 11.3. The number of hydrogen-bond donors (Lipinski definition) is 1. The topological polar surface area (TPSA) is 30.5 Å². The van der Waals surface area contributed by atoms with E-state index in [0.29, 0.717) is 19.1 Å². The van der Waals surface area contributed by atoms with Gasteiger partial charge in [-0.3, -0.25) is 0 Å². The minimum Gasteiger partial charge on any atom is -0.491 e. The van der Waals surface area contributed by atoms with E-state index < -0.39 is 0 Å². The summed E-state index contributed by atoms with van der Waals surface area (Å²) in [4.78, 5) is 0. The molecule has 0 atom stereocenters. The molecule has 3 heteroatoms. The van der Waals surface area contributed by atoms with Crippen LogP contribution in [0.2, 0.25) is 0 Å². The predicted molar refractivity (Wildman–Crippen MR) is 84.2 cm³/mol. The molecule has 0 radical (unpaired) electrons. The molecule has 0 saturated heterocycles. The smallest absolute Gasteiger partial charge is 0.119 e. The molecule has 1 N–H and O–H groups in total. The maximum atomic E-state index is 5.65. The molecule has 0 unspecified atom stereocenters. The van der Waals surface area contributed by atoms with Crippen LogP contribution in [0.5, 0.6) is 5.75 Å². The first-order valence-electron chi connectivity index (χ1n) is 7.43. The van der Waals surface area contributed by atoms with Gasteiger partial charge in [0.1, 0.15) is 12.4 Å². The Morgan fingerprint density at radius 1 is 1.05 bits per heavy atom. The molecule has 0 aliphatic rings. The van der Waals surface area contributed by atoms with E-state index in [1.165, 1.54) is 5.56 Å². The molecule has 0 aliphatic heterocycles. The highest BCUT2D eigenvalue weighted by molar-refractivity contribution is 5.27. The van der Waals surface area contributed by atoms with Gasteiger partial charge in [0.15, 0.2) is 0 Å². The Balaban J connectivity index is 2.25. The number of ether oxygens (including phenoxy) is 2. The maximum absolute atomic E-state index is 5.65. The molecule has 0 amide bonds. The summed E-state index contributed by atoms with van der Waals surface area (Å²) in [6.45, 7) is 13.7. The van der Waals surface area contributed by atoms with Crippen LogP contribution in [-0.2, 0) is 11.3 Å². The lowest BCUT2D eigenvalue weighted by Crippen LogP contribution is -2.22. The van der Waals surface area contributed by atoms with Crippen LogP contribution in [0.15, 0.2) is 24.3 Å². The van der Waals surface area contributed by atoms with Crippen molar-refractivity contribution in [3.8, 4) is 5.75 Å². The van der Waals surface area contributed by atoms with Crippen LogP contribution in [0.1, 0.15) is 40.2 Å². The van der Waals surface area contributed by atoms with Gasteiger partial charge in [0, 0.05) is 6.54 Å². The van der Waals surface area contributed by atoms with Crippen LogP contribution in [0, 0.1) is 5.92 Å². The van der Waals surface area contributed by atoms with Gasteiger partial charge in [-0.05, 0) is 50.9 Å². The Bertz CT molecular complexity index is 366. The first-order valence-corrected chi connectivity index (χ1v) is 7.43. The van der Waals surface area contributed by atoms with E-state index in [4.69, 9.17) is 9.47 Å². The van der Waals surface area contributed by atoms with Crippen molar-refractivity contribution in [3.05, 3.63) is 29.8 Å². The standard InChI is InChI=1S/C17H29NO2/c1-14(2)12-18-13-15-6-8-16(9-7-15)19-10-11-20-17(3,4)5/h6-9,14,18H,10-13H2,1-5H3. The molecule has 0 spiro atoms. The van der Waals surface area contributed by atoms with Gasteiger partial charge in [0.2, 0.25) is 0 Å². The van der Waals surface area contributed by atoms with Gasteiger partial charge in [0.25, 0.3) is 0 Å². The first-order chi connectivity index (χ1) is 9.37. The van der Waals surface area contributed by atoms with Crippen molar-refractivity contribution in [1.29, 1.82) is 0 Å². The van der Waals surface area contributed by atoms with Crippen LogP contribution >= 0.6 is 0 Å². The van der Waals surface area contributed by atoms with E-state index in [1.807, 2.05) is 32.9 Å². The van der Waals surface area contributed by atoms with Gasteiger partial charge in [-0.2, -0.15) is 0 Å². The maximum Gasteiger partial charge on any atom is 0.119 e. The molecule has 1 aromatic rings. The lowest BCUT2D eigenvalue weighted by molar-refractivity contribution is -0.0163. The second kappa shape index (κ2) is 8.28. The van der Waals surface area contributed by atoms with Crippen LogP contribution in [-0.4, -0.2) is 25.4 Å². The van der Waals surface area contributed by atoms with Crippen molar-refractivity contribution in [2.75, 3.05) is 19.8 Å². The largest absolute Gasteiger partial charge is 0.491 e. The molecular formula is C17H29NO2. The van der Waals surface area contributed by atoms with Gasteiger partial charge < -0.3 is 14.8 Å². The van der Waals surface area contributed by atoms with Crippen molar-refractivity contribution in [1.82, 2.24) is 5.32 Å². The van der Waals surface area contributed by atoms with Crippen LogP contribution in [0.3, 0.4) is 0 Å². The van der Waals surface area contributed by atoms with E-state index in [9.17, 15) is 0 Å². The fourth-order valence-corrected chi connectivity index (χ4v) is 1.72. The van der Waals surface area contributed by atoms with Crippen LogP contribution in [0.25, 0.3) is 0 Å². The van der Waals surface area contributed by atoms with Gasteiger partial charge in [-0.15, -0.1) is 0 Å². The normalized spacial score (nSPS) is 11.9. The van der Waals surface area contributed by atoms with Crippen molar-refractivity contribution in [3.63, 3.8) is 0 Å². The summed E-state index contributed by atoms with van der Waals surface area (Å²) in [7, 11) is 0. The molecule has 0 fully saturated rings. The van der Waals surface area contributed by atoms with Crippen molar-refractivity contribution < 1.29 is 9.47 Å². The van der Waals surface area contributed by atoms with Gasteiger partial charge in [-0.25, -0.2) is 0 Å². The van der Waals surface area contributed by atoms with Gasteiger partial charge >= 0.3 is 0 Å². The predicted octanol–water partition coefficient (Wildman–Crippen LogP) is 3.63. The zero-order valence-electron chi connectivity index (χ0n) is 13.5. The number of hydrogen-bond acceptors (Lipinski definition) is 3. The molecule has 20 heavy (non-hydrogen) atoms. The highest BCUT2D eigenvalue weighted by Crippen LogP contribution is 2.13. The molecule has 0 bridgehead atoms. The third-order valence-electron chi connectivity index (χ3n) is 2.69. The molecule has 3 nitrogen and oxygen atoms in total. The molecular weight excluding hydrogens is 250 g/mol. The average Bonchev–Trinajstić information content (AvgIpc) is 2.35. The summed E-state index contributed by atoms with van der Waals surface area (Å²) in [6, 6.07) is 8.24. The van der Waals surface area contributed by atoms with Crippen LogP contribution < -0.4 is 10.1 Å². The van der Waals surface area contributed by atoms with Crippen LogP contribution in [0.4, 0.5) is 0 Å². The fraction of sp³-hybridized carbons (Fsp3) is 0.647. The minimum atomic E-state index is -0.102. The van der Waals surface area contributed by atoms with E-state index in [-0.39, 0.29) is 5.60 Å². The van der Waals surface area contributed by atoms with Gasteiger partial charge in [-0.1, -0.05) is 26.0 Å². The Kier molecular flexibility index (Phi) is 7.03. The highest BCUT2D eigenvalue weighted by Gasteiger charge is 2.09. The first kappa shape index (κ1) is 17.0. The second-order valence-electron chi connectivity index (χ2n) is 6.48. The van der Waals surface area contributed by atoms with E-state index in [2.05, 4.69) is 31.3 Å². The summed E-state index contributed by atoms with van der Waals surface area (Å²) in [6.07, 6.45) is 0. The van der Waals surface area contributed by atoms with Crippen molar-refractivity contribution in [2.45, 2.75) is 46.8 Å². The van der Waals surface area contributed by atoms with Crippen molar-refractivity contribution in [2.24, 2.45) is 5.92 Å². The molecule has 0 aliphatic carbocycles. The fourth-order valence-electron chi connectivity index (χ4n) is 1.72. The summed E-state index contributed by atoms with van der Waals surface area (Å²) in [5.41, 5.74) is 1.18. The Labute approximate surface area is 123 Å². The van der Waals surface area contributed by atoms with E-state index in [1.54, 1.807) is 0 Å². The Morgan fingerprint density at radius 2 is 1.70 bits per heavy atom. The SMILES string of the molecule is CC(C)CNCc1ccc(OCCOC(C)(C)C)cc1. The van der Waals surface area contributed by atoms with E-state index >= 15 is 0 Å². The quantitative estimate of drug-likeness (QED) is 0.737. The monoisotopic (exact) mass is 279 g/mol. The third kappa shape index (κ3) is 8.18. The van der Waals surface area contributed by atoms with E-state index in [0.717, 1.165) is 18.8 Å². The molecule has 0 saturated carbocycles. The average molecular weight is 279 g/mol. The molecule has 1 aromatic carbocycles. The molecule has 0 heterocycles. The molecule has 114 valence electrons. The molecule has 0 aromatic heterocycles. The third-order valence-corrected chi connectivity index (χ3v) is 2.69. The lowest BCUT2D eigenvalue weighted by atomic mass is 10.2.